The fourth-order valence-corrected chi connectivity index (χ4v) is 0.161. The molecule has 0 N–H and O–H groups in total. The van der Waals surface area contributed by atoms with Gasteiger partial charge in [-0.15, -0.1) is 0 Å². The Labute approximate surface area is 38.0 Å². The molecule has 0 amide bonds. The van der Waals surface area contributed by atoms with Gasteiger partial charge in [0.05, 0.1) is 0 Å². The Balaban J connectivity index is 2.54. The third-order valence-corrected chi connectivity index (χ3v) is 0.446. The van der Waals surface area contributed by atoms with Crippen LogP contribution in [0.5, 0.6) is 0 Å². The molecule has 0 radical (unpaired) electrons. The minimum absolute atomic E-state index is 0.0775. The predicted octanol–water partition coefficient (Wildman–Crippen LogP) is -0.283. The van der Waals surface area contributed by atoms with Crippen LogP contribution in [0.25, 0.3) is 0 Å². The van der Waals surface area contributed by atoms with Gasteiger partial charge in [0.2, 0.25) is 0 Å². The van der Waals surface area contributed by atoms with Gasteiger partial charge in [0.15, 0.2) is 0 Å². The zero-order valence-corrected chi connectivity index (χ0v) is 3.53. The number of hydrogen-bond donors (Lipinski definition) is 0. The Kier molecular flexibility index (Phi) is 4.53. The van der Waals surface area contributed by atoms with Crippen LogP contribution in [0.4, 0.5) is 0 Å². The van der Waals surface area contributed by atoms with Crippen LogP contribution in [0.15, 0.2) is 0 Å². The zero-order valence-electron chi connectivity index (χ0n) is 3.53. The minimum atomic E-state index is -0.0775. The fraction of sp³-hybridized carbons (Fsp3) is 0.600. The molecule has 0 saturated heterocycles. The average molecular weight is 82.1 g/mol. The third kappa shape index (κ3) is 3.74. The fourth-order valence-electron chi connectivity index (χ4n) is 0.161. The van der Waals surface area contributed by atoms with Gasteiger partial charge in [-0.05, 0) is 0 Å². The van der Waals surface area contributed by atoms with Gasteiger partial charge in [-0.1, -0.05) is 0 Å². The van der Waals surface area contributed by atoms with E-state index in [1.165, 1.54) is 0 Å². The Hall–Kier alpha value is -0.260. The molecule has 0 atom stereocenters. The van der Waals surface area contributed by atoms with Crippen LogP contribution in [0.2, 0.25) is 0 Å². The molecule has 0 unspecified atom stereocenters. The van der Waals surface area contributed by atoms with Crippen molar-refractivity contribution in [3.63, 3.8) is 0 Å². The van der Waals surface area contributed by atoms with Gasteiger partial charge in [0.1, 0.15) is 0 Å². The van der Waals surface area contributed by atoms with E-state index in [0.29, 0.717) is 12.8 Å². The number of rotatable bonds is 2. The molecule has 0 aliphatic heterocycles. The second kappa shape index (κ2) is 4.74. The van der Waals surface area contributed by atoms with E-state index in [-0.39, 0.29) is 6.61 Å². The molecule has 0 aromatic rings. The van der Waals surface area contributed by atoms with Crippen molar-refractivity contribution in [3.05, 3.63) is 6.42 Å². The van der Waals surface area contributed by atoms with Crippen molar-refractivity contribution in [2.75, 3.05) is 6.61 Å². The molecule has 1 heteroatoms. The molecule has 1 nitrogen and oxygen atoms in total. The van der Waals surface area contributed by atoms with E-state index in [1.807, 2.05) is 0 Å². The molecule has 0 spiro atoms. The molecule has 32 valence electrons. The first-order chi connectivity index (χ1) is 2.91. The monoisotopic (exact) mass is 82.0 g/mol. The van der Waals surface area contributed by atoms with Crippen molar-refractivity contribution < 1.29 is 5.11 Å². The number of hydrogen-bond acceptors (Lipinski definition) is 1. The second-order valence-electron chi connectivity index (χ2n) is 0.984. The van der Waals surface area contributed by atoms with Crippen molar-refractivity contribution in [1.82, 2.24) is 0 Å². The van der Waals surface area contributed by atoms with Crippen LogP contribution in [0.1, 0.15) is 12.8 Å². The summed E-state index contributed by atoms with van der Waals surface area (Å²) >= 11 is 0. The van der Waals surface area contributed by atoms with Crippen molar-refractivity contribution in [2.45, 2.75) is 12.8 Å². The van der Waals surface area contributed by atoms with Gasteiger partial charge < -0.3 is 0 Å². The average Bonchev–Trinajstić information content (AvgIpc) is 1.61. The van der Waals surface area contributed by atoms with Crippen molar-refractivity contribution >= 4 is 0 Å². The summed E-state index contributed by atoms with van der Waals surface area (Å²) in [7, 11) is 0. The van der Waals surface area contributed by atoms with E-state index in [0.717, 1.165) is 0 Å². The van der Waals surface area contributed by atoms with Crippen LogP contribution in [0.3, 0.4) is 0 Å². The topological polar surface area (TPSA) is 23.1 Å². The summed E-state index contributed by atoms with van der Waals surface area (Å²) in [5.74, 6) is 2.12. The molecule has 0 rings (SSSR count). The van der Waals surface area contributed by atoms with Crippen LogP contribution < -0.4 is 5.11 Å². The van der Waals surface area contributed by atoms with Crippen LogP contribution >= 0.6 is 0 Å². The van der Waals surface area contributed by atoms with Gasteiger partial charge in [-0.3, -0.25) is 0 Å². The van der Waals surface area contributed by atoms with Gasteiger partial charge in [0, 0.05) is 0 Å². The Morgan fingerprint density at radius 2 is 2.33 bits per heavy atom. The molecule has 0 heterocycles. The first-order valence-electron chi connectivity index (χ1n) is 1.89. The summed E-state index contributed by atoms with van der Waals surface area (Å²) in [6.07, 6.45) is 7.39. The molecular weight excluding hydrogens is 76.1 g/mol. The molecule has 0 aromatic carbocycles. The number of unbranched alkanes of at least 4 members (excludes halogenated alkanes) is 1. The molecular formula is C5H6O. The van der Waals surface area contributed by atoms with Crippen LogP contribution in [-0.4, -0.2) is 6.61 Å². The van der Waals surface area contributed by atoms with E-state index in [1.54, 1.807) is 0 Å². The van der Waals surface area contributed by atoms with E-state index in [4.69, 9.17) is 6.42 Å². The molecule has 6 heavy (non-hydrogen) atoms. The van der Waals surface area contributed by atoms with E-state index < -0.39 is 0 Å². The maximum atomic E-state index is 9.57. The molecule has 0 aliphatic carbocycles. The molecule has 0 fully saturated rings. The van der Waals surface area contributed by atoms with Gasteiger partial charge in [-0.2, -0.15) is 0 Å². The SMILES string of the molecule is [C+]#CCCC[O-]. The normalized spacial score (nSPS) is 7.83. The van der Waals surface area contributed by atoms with Gasteiger partial charge in [-0.25, -0.2) is 0 Å². The van der Waals surface area contributed by atoms with E-state index in [9.17, 15) is 5.11 Å². The summed E-state index contributed by atoms with van der Waals surface area (Å²) < 4.78 is 0. The summed E-state index contributed by atoms with van der Waals surface area (Å²) in [5, 5.41) is 9.57. The third-order valence-electron chi connectivity index (χ3n) is 0.446. The quantitative estimate of drug-likeness (QED) is 0.255. The maximum absolute atomic E-state index is 9.57. The molecule has 0 aromatic heterocycles. The molecule has 0 bridgehead atoms. The summed E-state index contributed by atoms with van der Waals surface area (Å²) in [5.41, 5.74) is 0. The summed E-state index contributed by atoms with van der Waals surface area (Å²) in [6, 6.07) is 0. The zero-order chi connectivity index (χ0) is 4.83. The second-order valence-corrected chi connectivity index (χ2v) is 0.984. The van der Waals surface area contributed by atoms with E-state index >= 15 is 0 Å². The summed E-state index contributed by atoms with van der Waals surface area (Å²) in [6.45, 7) is -0.0775. The van der Waals surface area contributed by atoms with Gasteiger partial charge in [0.25, 0.3) is 0 Å². The van der Waals surface area contributed by atoms with Crippen molar-refractivity contribution in [2.24, 2.45) is 0 Å². The first-order valence-corrected chi connectivity index (χ1v) is 1.89. The Morgan fingerprint density at radius 3 is 2.50 bits per heavy atom. The van der Waals surface area contributed by atoms with Gasteiger partial charge >= 0.3 is 36.9 Å². The predicted molar refractivity (Wildman–Crippen MR) is 21.2 cm³/mol. The Bertz CT molecular complexity index is 51.4. The Morgan fingerprint density at radius 1 is 1.67 bits per heavy atom. The summed E-state index contributed by atoms with van der Waals surface area (Å²) in [4.78, 5) is 0. The molecule has 0 aliphatic rings. The van der Waals surface area contributed by atoms with E-state index in [2.05, 4.69) is 5.92 Å². The first kappa shape index (κ1) is 5.74. The van der Waals surface area contributed by atoms with Crippen LogP contribution in [0, 0.1) is 12.3 Å². The standard InChI is InChI=1S/C5H6O/c1-2-3-4-5-6/h3-5H2. The van der Waals surface area contributed by atoms with Crippen molar-refractivity contribution in [1.29, 1.82) is 0 Å². The van der Waals surface area contributed by atoms with Crippen LogP contribution in [-0.2, 0) is 0 Å². The van der Waals surface area contributed by atoms with Crippen molar-refractivity contribution in [3.8, 4) is 5.92 Å². The molecule has 0 saturated carbocycles.